The van der Waals surface area contributed by atoms with E-state index in [0.717, 1.165) is 0 Å². The van der Waals surface area contributed by atoms with Crippen molar-refractivity contribution in [2.45, 2.75) is 0 Å². The molecular weight excluding hydrogens is 565 g/mol. The molecule has 0 aliphatic carbocycles. The maximum absolute atomic E-state index is 2.57. The molecule has 0 N–H and O–H groups in total. The highest BCUT2D eigenvalue weighted by Crippen LogP contribution is 2.49. The molecule has 206 valence electrons. The summed E-state index contributed by atoms with van der Waals surface area (Å²) >= 11 is 1.92. The molecule has 2 nitrogen and oxygen atoms in total. The number of fused-ring (bicyclic) bond motifs is 16. The van der Waals surface area contributed by atoms with Crippen LogP contribution in [0.4, 0.5) is 0 Å². The number of rotatable bonds is 1. The maximum Gasteiger partial charge on any atom is 0.0627 e. The van der Waals surface area contributed by atoms with Gasteiger partial charge in [0, 0.05) is 63.3 Å². The van der Waals surface area contributed by atoms with Crippen LogP contribution in [0.1, 0.15) is 0 Å². The van der Waals surface area contributed by atoms with Gasteiger partial charge in [-0.2, -0.15) is 0 Å². The SMILES string of the molecule is c1ccc(-c2ccc3c4c5c(cc6c7cc8c(cc7n(c3c2)c64)c2cccc3c4ccccc4n8c32)sc2ccccc25)cc1. The van der Waals surface area contributed by atoms with Crippen molar-refractivity contribution < 1.29 is 0 Å². The van der Waals surface area contributed by atoms with Crippen molar-refractivity contribution in [3.8, 4) is 11.1 Å². The molecule has 0 radical (unpaired) electrons. The second-order valence-electron chi connectivity index (χ2n) is 12.5. The monoisotopic (exact) mass is 586 g/mol. The van der Waals surface area contributed by atoms with Gasteiger partial charge in [0.15, 0.2) is 0 Å². The lowest BCUT2D eigenvalue weighted by atomic mass is 9.99. The third-order valence-electron chi connectivity index (χ3n) is 10.3. The lowest BCUT2D eigenvalue weighted by molar-refractivity contribution is 1.36. The molecule has 5 heterocycles. The standard InChI is InChI=1S/C42H22N2S/c1-2-9-23(10-3-1)24-17-18-28-34(19-24)44-36-20-30-27-14-8-13-26-25-11-4-6-15-33(25)43(41(26)27)35(30)21-31(36)32-22-38-39(40(28)42(32)44)29-12-5-7-16-37(29)45-38/h1-22H. The number of para-hydroxylation sites is 2. The van der Waals surface area contributed by atoms with Gasteiger partial charge in [-0.15, -0.1) is 11.3 Å². The molecule has 3 heteroatoms. The normalized spacial score (nSPS) is 12.9. The fourth-order valence-corrected chi connectivity index (χ4v) is 9.70. The summed E-state index contributed by atoms with van der Waals surface area (Å²) < 4.78 is 7.78. The minimum Gasteiger partial charge on any atom is -0.308 e. The molecule has 45 heavy (non-hydrogen) atoms. The van der Waals surface area contributed by atoms with E-state index in [1.54, 1.807) is 0 Å². The predicted octanol–water partition coefficient (Wildman–Crippen LogP) is 12.0. The fourth-order valence-electron chi connectivity index (χ4n) is 8.55. The van der Waals surface area contributed by atoms with Crippen molar-refractivity contribution in [2.24, 2.45) is 0 Å². The van der Waals surface area contributed by atoms with Crippen LogP contribution in [0.2, 0.25) is 0 Å². The van der Waals surface area contributed by atoms with E-state index >= 15 is 0 Å². The Kier molecular flexibility index (Phi) is 3.91. The molecular formula is C42H22N2S. The summed E-state index contributed by atoms with van der Waals surface area (Å²) in [6.07, 6.45) is 0. The lowest BCUT2D eigenvalue weighted by Gasteiger charge is -2.05. The Labute approximate surface area is 260 Å². The van der Waals surface area contributed by atoms with E-state index in [0.29, 0.717) is 0 Å². The van der Waals surface area contributed by atoms with Crippen molar-refractivity contribution in [3.63, 3.8) is 0 Å². The number of benzene rings is 7. The van der Waals surface area contributed by atoms with E-state index in [9.17, 15) is 0 Å². The highest BCUT2D eigenvalue weighted by molar-refractivity contribution is 7.26. The zero-order chi connectivity index (χ0) is 29.0. The highest BCUT2D eigenvalue weighted by Gasteiger charge is 2.25. The molecule has 12 aromatic rings. The average molecular weight is 587 g/mol. The van der Waals surface area contributed by atoms with Crippen molar-refractivity contribution in [1.82, 2.24) is 8.80 Å². The molecule has 0 aliphatic heterocycles. The Morgan fingerprint density at radius 1 is 0.333 bits per heavy atom. The van der Waals surface area contributed by atoms with Gasteiger partial charge in [0.05, 0.1) is 33.1 Å². The van der Waals surface area contributed by atoms with Gasteiger partial charge in [-0.3, -0.25) is 0 Å². The summed E-state index contributed by atoms with van der Waals surface area (Å²) in [7, 11) is 0. The molecule has 5 aromatic heterocycles. The number of thiophene rings is 1. The third-order valence-corrected chi connectivity index (χ3v) is 11.5. The molecule has 0 unspecified atom stereocenters. The molecule has 0 bridgehead atoms. The van der Waals surface area contributed by atoms with Crippen LogP contribution in [0.25, 0.3) is 107 Å². The first-order valence-corrected chi connectivity index (χ1v) is 16.3. The topological polar surface area (TPSA) is 8.82 Å². The Morgan fingerprint density at radius 3 is 1.87 bits per heavy atom. The van der Waals surface area contributed by atoms with Crippen LogP contribution in [0.3, 0.4) is 0 Å². The van der Waals surface area contributed by atoms with Crippen LogP contribution in [0.15, 0.2) is 133 Å². The van der Waals surface area contributed by atoms with Gasteiger partial charge in [-0.05, 0) is 47.5 Å². The second kappa shape index (κ2) is 7.71. The van der Waals surface area contributed by atoms with Crippen LogP contribution in [0, 0.1) is 0 Å². The van der Waals surface area contributed by atoms with Gasteiger partial charge >= 0.3 is 0 Å². The minimum absolute atomic E-state index is 1.24. The molecule has 0 amide bonds. The van der Waals surface area contributed by atoms with E-state index < -0.39 is 0 Å². The summed E-state index contributed by atoms with van der Waals surface area (Å²) in [5.74, 6) is 0. The van der Waals surface area contributed by atoms with Gasteiger partial charge < -0.3 is 8.80 Å². The first kappa shape index (κ1) is 22.8. The minimum atomic E-state index is 1.24. The van der Waals surface area contributed by atoms with Gasteiger partial charge in [0.25, 0.3) is 0 Å². The number of aromatic nitrogens is 2. The summed E-state index contributed by atoms with van der Waals surface area (Å²) in [4.78, 5) is 0. The lowest BCUT2D eigenvalue weighted by Crippen LogP contribution is -1.84. The Morgan fingerprint density at radius 2 is 1.00 bits per heavy atom. The predicted molar refractivity (Wildman–Crippen MR) is 194 cm³/mol. The first-order valence-electron chi connectivity index (χ1n) is 15.5. The van der Waals surface area contributed by atoms with E-state index in [2.05, 4.69) is 142 Å². The Bertz CT molecular complexity index is 3190. The summed E-state index contributed by atoms with van der Waals surface area (Å²) in [6.45, 7) is 0. The third kappa shape index (κ3) is 2.61. The van der Waals surface area contributed by atoms with Crippen LogP contribution in [0.5, 0.6) is 0 Å². The zero-order valence-electron chi connectivity index (χ0n) is 24.0. The summed E-state index contributed by atoms with van der Waals surface area (Å²) in [6, 6.07) is 49.8. The largest absolute Gasteiger partial charge is 0.308 e. The smallest absolute Gasteiger partial charge is 0.0627 e. The van der Waals surface area contributed by atoms with E-state index in [1.165, 1.54) is 107 Å². The fraction of sp³-hybridized carbons (Fsp3) is 0. The van der Waals surface area contributed by atoms with E-state index in [4.69, 9.17) is 0 Å². The highest BCUT2D eigenvalue weighted by atomic mass is 32.1. The first-order chi connectivity index (χ1) is 22.3. The summed E-state index contributed by atoms with van der Waals surface area (Å²) in [5.41, 5.74) is 10.3. The van der Waals surface area contributed by atoms with Crippen LogP contribution >= 0.6 is 11.3 Å². The van der Waals surface area contributed by atoms with Crippen molar-refractivity contribution in [1.29, 1.82) is 0 Å². The van der Waals surface area contributed by atoms with Gasteiger partial charge in [-0.1, -0.05) is 97.1 Å². The van der Waals surface area contributed by atoms with Crippen molar-refractivity contribution in [2.75, 3.05) is 0 Å². The second-order valence-corrected chi connectivity index (χ2v) is 13.6. The maximum atomic E-state index is 2.57. The molecule has 0 saturated heterocycles. The number of hydrogen-bond acceptors (Lipinski definition) is 1. The van der Waals surface area contributed by atoms with E-state index in [1.807, 2.05) is 11.3 Å². The molecule has 0 saturated carbocycles. The Balaban J connectivity index is 1.35. The zero-order valence-corrected chi connectivity index (χ0v) is 24.8. The molecule has 0 spiro atoms. The van der Waals surface area contributed by atoms with Crippen LogP contribution in [-0.2, 0) is 0 Å². The Hall–Kier alpha value is -5.64. The molecule has 7 aromatic carbocycles. The summed E-state index contributed by atoms with van der Waals surface area (Å²) in [5, 5.41) is 13.4. The molecule has 12 rings (SSSR count). The van der Waals surface area contributed by atoms with Crippen molar-refractivity contribution >= 4 is 108 Å². The van der Waals surface area contributed by atoms with Crippen LogP contribution in [-0.4, -0.2) is 8.80 Å². The number of nitrogens with zero attached hydrogens (tertiary/aromatic N) is 2. The van der Waals surface area contributed by atoms with Gasteiger partial charge in [0.2, 0.25) is 0 Å². The van der Waals surface area contributed by atoms with Crippen molar-refractivity contribution in [3.05, 3.63) is 133 Å². The van der Waals surface area contributed by atoms with E-state index in [-0.39, 0.29) is 0 Å². The number of hydrogen-bond donors (Lipinski definition) is 0. The average Bonchev–Trinajstić information content (AvgIpc) is 3.88. The molecule has 0 fully saturated rings. The van der Waals surface area contributed by atoms with Gasteiger partial charge in [-0.25, -0.2) is 0 Å². The van der Waals surface area contributed by atoms with Crippen LogP contribution < -0.4 is 0 Å². The molecule has 0 atom stereocenters. The van der Waals surface area contributed by atoms with Gasteiger partial charge in [0.1, 0.15) is 0 Å². The quantitative estimate of drug-likeness (QED) is 0.181. The molecule has 0 aliphatic rings.